The van der Waals surface area contributed by atoms with Gasteiger partial charge in [0.05, 0.1) is 12.1 Å². The van der Waals surface area contributed by atoms with Gasteiger partial charge in [-0.15, -0.1) is 0 Å². The second-order valence-electron chi connectivity index (χ2n) is 7.42. The van der Waals surface area contributed by atoms with Gasteiger partial charge in [-0.05, 0) is 49.2 Å². The van der Waals surface area contributed by atoms with E-state index in [9.17, 15) is 0 Å². The summed E-state index contributed by atoms with van der Waals surface area (Å²) in [5.74, 6) is 0. The first-order chi connectivity index (χ1) is 11.6. The average Bonchev–Trinajstić information content (AvgIpc) is 2.57. The van der Waals surface area contributed by atoms with Gasteiger partial charge in [0.15, 0.2) is 0 Å². The topological polar surface area (TPSA) is 33.2 Å². The molecule has 0 aliphatic heterocycles. The largest absolute Gasteiger partial charge is 0.340 e. The zero-order valence-corrected chi connectivity index (χ0v) is 15.3. The molecule has 0 amide bonds. The molecule has 0 atom stereocenters. The van der Waals surface area contributed by atoms with Gasteiger partial charge >= 0.3 is 0 Å². The Hall–Kier alpha value is -1.90. The molecule has 0 aromatic heterocycles. The summed E-state index contributed by atoms with van der Waals surface area (Å²) in [5, 5.41) is 10.5. The first-order valence-electron chi connectivity index (χ1n) is 9.15. The van der Waals surface area contributed by atoms with Crippen molar-refractivity contribution in [3.8, 4) is 0 Å². The van der Waals surface area contributed by atoms with Crippen LogP contribution >= 0.6 is 0 Å². The van der Waals surface area contributed by atoms with E-state index in [1.54, 1.807) is 0 Å². The van der Waals surface area contributed by atoms with E-state index in [4.69, 9.17) is 0 Å². The highest BCUT2D eigenvalue weighted by Crippen LogP contribution is 2.32. The minimum absolute atomic E-state index is 0.608. The van der Waals surface area contributed by atoms with E-state index < -0.39 is 0 Å². The standard InChI is InChI=1S/C22H28N2/c1-15(2)23-13-21-17-9-5-7-11-19(17)22(14-24-16(3)4)20-12-8-6-10-18(20)21/h5-12,15-16,23-24H,13-14H2,1-4H3/p+2. The second-order valence-corrected chi connectivity index (χ2v) is 7.42. The van der Waals surface area contributed by atoms with Gasteiger partial charge in [0.2, 0.25) is 0 Å². The van der Waals surface area contributed by atoms with Gasteiger partial charge in [0, 0.05) is 11.1 Å². The third-order valence-electron chi connectivity index (χ3n) is 4.74. The molecule has 126 valence electrons. The molecule has 4 N–H and O–H groups in total. The Labute approximate surface area is 145 Å². The van der Waals surface area contributed by atoms with Crippen LogP contribution in [0.3, 0.4) is 0 Å². The van der Waals surface area contributed by atoms with Crippen molar-refractivity contribution in [2.45, 2.75) is 52.9 Å². The number of fused-ring (bicyclic) bond motifs is 2. The zero-order valence-electron chi connectivity index (χ0n) is 15.3. The maximum atomic E-state index is 2.42. The highest BCUT2D eigenvalue weighted by molar-refractivity contribution is 6.05. The highest BCUT2D eigenvalue weighted by Gasteiger charge is 2.16. The molecule has 2 nitrogen and oxygen atoms in total. The lowest BCUT2D eigenvalue weighted by Gasteiger charge is -2.17. The molecular formula is C22H30N2+2. The molecule has 2 heteroatoms. The van der Waals surface area contributed by atoms with E-state index in [1.807, 2.05) is 0 Å². The maximum absolute atomic E-state index is 2.42. The summed E-state index contributed by atoms with van der Waals surface area (Å²) in [5.41, 5.74) is 2.95. The molecule has 0 aliphatic carbocycles. The van der Waals surface area contributed by atoms with Crippen LogP contribution < -0.4 is 10.6 Å². The number of nitrogens with two attached hydrogens (primary N) is 2. The molecule has 3 rings (SSSR count). The molecule has 0 unspecified atom stereocenters. The predicted molar refractivity (Wildman–Crippen MR) is 103 cm³/mol. The third kappa shape index (κ3) is 3.45. The van der Waals surface area contributed by atoms with Crippen LogP contribution in [0.1, 0.15) is 38.8 Å². The van der Waals surface area contributed by atoms with Crippen molar-refractivity contribution in [1.29, 1.82) is 0 Å². The summed E-state index contributed by atoms with van der Waals surface area (Å²) in [7, 11) is 0. The fraction of sp³-hybridized carbons (Fsp3) is 0.364. The summed E-state index contributed by atoms with van der Waals surface area (Å²) in [6.07, 6.45) is 0. The van der Waals surface area contributed by atoms with Crippen LogP contribution in [0.4, 0.5) is 0 Å². The lowest BCUT2D eigenvalue weighted by atomic mass is 9.91. The van der Waals surface area contributed by atoms with Gasteiger partial charge in [-0.2, -0.15) is 0 Å². The van der Waals surface area contributed by atoms with E-state index in [1.165, 1.54) is 32.7 Å². The summed E-state index contributed by atoms with van der Waals surface area (Å²) in [4.78, 5) is 0. The lowest BCUT2D eigenvalue weighted by molar-refractivity contribution is -0.698. The number of hydrogen-bond acceptors (Lipinski definition) is 0. The van der Waals surface area contributed by atoms with Gasteiger partial charge < -0.3 is 10.6 Å². The summed E-state index contributed by atoms with van der Waals surface area (Å²) in [6, 6.07) is 19.1. The Kier molecular flexibility index (Phi) is 5.17. The molecule has 0 saturated heterocycles. The van der Waals surface area contributed by atoms with Crippen molar-refractivity contribution in [3.05, 3.63) is 59.7 Å². The molecule has 0 spiro atoms. The Morgan fingerprint density at radius 3 is 1.12 bits per heavy atom. The van der Waals surface area contributed by atoms with Crippen molar-refractivity contribution in [2.75, 3.05) is 0 Å². The van der Waals surface area contributed by atoms with Crippen LogP contribution in [0.5, 0.6) is 0 Å². The fourth-order valence-electron chi connectivity index (χ4n) is 3.46. The Morgan fingerprint density at radius 1 is 0.583 bits per heavy atom. The average molecular weight is 322 g/mol. The van der Waals surface area contributed by atoms with Crippen molar-refractivity contribution in [1.82, 2.24) is 0 Å². The van der Waals surface area contributed by atoms with Crippen LogP contribution in [-0.2, 0) is 13.1 Å². The van der Waals surface area contributed by atoms with E-state index in [2.05, 4.69) is 86.9 Å². The van der Waals surface area contributed by atoms with Crippen LogP contribution in [0.15, 0.2) is 48.5 Å². The Bertz CT molecular complexity index is 707. The zero-order chi connectivity index (χ0) is 17.1. The number of benzene rings is 3. The van der Waals surface area contributed by atoms with Crippen LogP contribution in [0.25, 0.3) is 21.5 Å². The first-order valence-corrected chi connectivity index (χ1v) is 9.15. The third-order valence-corrected chi connectivity index (χ3v) is 4.74. The predicted octanol–water partition coefficient (Wildman–Crippen LogP) is 2.94. The molecular weight excluding hydrogens is 292 g/mol. The Balaban J connectivity index is 2.24. The summed E-state index contributed by atoms with van der Waals surface area (Å²) >= 11 is 0. The van der Waals surface area contributed by atoms with Crippen molar-refractivity contribution in [2.24, 2.45) is 0 Å². The fourth-order valence-corrected chi connectivity index (χ4v) is 3.46. The molecule has 0 heterocycles. The monoisotopic (exact) mass is 322 g/mol. The molecule has 24 heavy (non-hydrogen) atoms. The molecule has 0 bridgehead atoms. The van der Waals surface area contributed by atoms with Gasteiger partial charge in [-0.1, -0.05) is 48.5 Å². The quantitative estimate of drug-likeness (QED) is 0.654. The van der Waals surface area contributed by atoms with Crippen LogP contribution in [0, 0.1) is 0 Å². The number of hydrogen-bond donors (Lipinski definition) is 2. The molecule has 3 aromatic rings. The van der Waals surface area contributed by atoms with Gasteiger partial charge in [-0.25, -0.2) is 0 Å². The molecule has 0 saturated carbocycles. The molecule has 3 aromatic carbocycles. The van der Waals surface area contributed by atoms with E-state index in [-0.39, 0.29) is 0 Å². The normalized spacial score (nSPS) is 11.9. The maximum Gasteiger partial charge on any atom is 0.103 e. The minimum Gasteiger partial charge on any atom is -0.340 e. The van der Waals surface area contributed by atoms with E-state index in [0.717, 1.165) is 13.1 Å². The van der Waals surface area contributed by atoms with E-state index in [0.29, 0.717) is 12.1 Å². The molecule has 0 radical (unpaired) electrons. The minimum atomic E-state index is 0.608. The smallest absolute Gasteiger partial charge is 0.103 e. The van der Waals surface area contributed by atoms with Crippen molar-refractivity contribution < 1.29 is 10.6 Å². The highest BCUT2D eigenvalue weighted by atomic mass is 14.9. The lowest BCUT2D eigenvalue weighted by Crippen LogP contribution is -2.87. The molecule has 0 aliphatic rings. The van der Waals surface area contributed by atoms with Crippen molar-refractivity contribution in [3.63, 3.8) is 0 Å². The number of rotatable bonds is 6. The molecule has 0 fully saturated rings. The van der Waals surface area contributed by atoms with E-state index >= 15 is 0 Å². The Morgan fingerprint density at radius 2 is 0.875 bits per heavy atom. The summed E-state index contributed by atoms with van der Waals surface area (Å²) in [6.45, 7) is 11.1. The van der Waals surface area contributed by atoms with Crippen LogP contribution in [-0.4, -0.2) is 12.1 Å². The van der Waals surface area contributed by atoms with Gasteiger partial charge in [0.1, 0.15) is 13.1 Å². The van der Waals surface area contributed by atoms with Crippen LogP contribution in [0.2, 0.25) is 0 Å². The van der Waals surface area contributed by atoms with Gasteiger partial charge in [-0.3, -0.25) is 0 Å². The number of quaternary nitrogens is 2. The van der Waals surface area contributed by atoms with Crippen molar-refractivity contribution >= 4 is 21.5 Å². The summed E-state index contributed by atoms with van der Waals surface area (Å²) < 4.78 is 0. The second kappa shape index (κ2) is 7.33. The SMILES string of the molecule is CC(C)[NH2+]Cc1c2ccccc2c(C[NH2+]C(C)C)c2ccccc12. The van der Waals surface area contributed by atoms with Gasteiger partial charge in [0.25, 0.3) is 0 Å². The first kappa shape index (κ1) is 16.9.